The summed E-state index contributed by atoms with van der Waals surface area (Å²) in [4.78, 5) is 50.0. The van der Waals surface area contributed by atoms with Crippen molar-refractivity contribution >= 4 is 23.7 Å². The van der Waals surface area contributed by atoms with E-state index in [9.17, 15) is 29.4 Å². The van der Waals surface area contributed by atoms with Crippen LogP contribution in [0.1, 0.15) is 45.6 Å². The van der Waals surface area contributed by atoms with Gasteiger partial charge < -0.3 is 37.6 Å². The number of hydrogen-bond donors (Lipinski definition) is 7. The highest BCUT2D eigenvalue weighted by atomic mass is 16.4. The molecule has 5 atom stereocenters. The number of nitrogens with two attached hydrogens (primary N) is 2. The summed E-state index contributed by atoms with van der Waals surface area (Å²) in [5, 5.41) is 26.5. The van der Waals surface area contributed by atoms with Gasteiger partial charge in [0.1, 0.15) is 12.1 Å². The van der Waals surface area contributed by atoms with Crippen LogP contribution in [-0.2, 0) is 25.6 Å². The first kappa shape index (κ1) is 30.0. The summed E-state index contributed by atoms with van der Waals surface area (Å²) in [7, 11) is 0. The van der Waals surface area contributed by atoms with Crippen molar-refractivity contribution in [3.8, 4) is 0 Å². The van der Waals surface area contributed by atoms with E-state index in [2.05, 4.69) is 16.0 Å². The molecule has 0 fully saturated rings. The summed E-state index contributed by atoms with van der Waals surface area (Å²) >= 11 is 0. The molecule has 3 amide bonds. The van der Waals surface area contributed by atoms with E-state index >= 15 is 0 Å². The third kappa shape index (κ3) is 10.4. The van der Waals surface area contributed by atoms with E-state index in [0.717, 1.165) is 12.0 Å². The normalized spacial score (nSPS) is 15.4. The molecule has 0 aromatic heterocycles. The zero-order valence-corrected chi connectivity index (χ0v) is 20.6. The number of aliphatic hydroxyl groups excluding tert-OH is 1. The average molecular weight is 494 g/mol. The third-order valence-electron chi connectivity index (χ3n) is 5.51. The molecule has 0 aliphatic carbocycles. The molecule has 0 heterocycles. The number of hydrogen-bond acceptors (Lipinski definition) is 7. The molecule has 1 aromatic carbocycles. The second-order valence-electron chi connectivity index (χ2n) is 8.94. The maximum absolute atomic E-state index is 13.2. The molecule has 0 aliphatic rings. The average Bonchev–Trinajstić information content (AvgIpc) is 2.80. The molecule has 0 aliphatic heterocycles. The Bertz CT molecular complexity index is 833. The predicted molar refractivity (Wildman–Crippen MR) is 131 cm³/mol. The van der Waals surface area contributed by atoms with E-state index in [0.29, 0.717) is 19.4 Å². The van der Waals surface area contributed by atoms with Crippen LogP contribution in [-0.4, -0.2) is 70.7 Å². The Morgan fingerprint density at radius 1 is 0.886 bits per heavy atom. The number of carbonyl (C=O) groups is 4. The van der Waals surface area contributed by atoms with Crippen LogP contribution < -0.4 is 27.4 Å². The molecule has 1 rings (SSSR count). The monoisotopic (exact) mass is 493 g/mol. The minimum Gasteiger partial charge on any atom is -0.480 e. The van der Waals surface area contributed by atoms with E-state index in [-0.39, 0.29) is 6.42 Å². The van der Waals surface area contributed by atoms with Crippen molar-refractivity contribution in [2.75, 3.05) is 6.54 Å². The highest BCUT2D eigenvalue weighted by Crippen LogP contribution is 2.08. The summed E-state index contributed by atoms with van der Waals surface area (Å²) in [6, 6.07) is 4.56. The van der Waals surface area contributed by atoms with Gasteiger partial charge in [-0.3, -0.25) is 14.4 Å². The largest absolute Gasteiger partial charge is 0.480 e. The number of nitrogens with one attached hydrogen (secondary N) is 3. The van der Waals surface area contributed by atoms with E-state index < -0.39 is 59.9 Å². The molecule has 0 radical (unpaired) electrons. The number of carbonyl (C=O) groups excluding carboxylic acids is 3. The van der Waals surface area contributed by atoms with Gasteiger partial charge in [-0.15, -0.1) is 0 Å². The number of carboxylic acid groups (broad SMARTS) is 1. The quantitative estimate of drug-likeness (QED) is 0.155. The lowest BCUT2D eigenvalue weighted by Crippen LogP contribution is -2.59. The van der Waals surface area contributed by atoms with E-state index in [1.165, 1.54) is 6.92 Å². The van der Waals surface area contributed by atoms with Gasteiger partial charge in [-0.2, -0.15) is 0 Å². The van der Waals surface area contributed by atoms with Gasteiger partial charge in [0.05, 0.1) is 12.1 Å². The summed E-state index contributed by atoms with van der Waals surface area (Å²) in [6.45, 7) is 5.09. The number of amides is 3. The molecule has 0 saturated carbocycles. The fourth-order valence-corrected chi connectivity index (χ4v) is 3.40. The van der Waals surface area contributed by atoms with Crippen LogP contribution in [0, 0.1) is 5.92 Å². The minimum absolute atomic E-state index is 0.159. The van der Waals surface area contributed by atoms with Crippen molar-refractivity contribution in [3.63, 3.8) is 0 Å². The lowest BCUT2D eigenvalue weighted by Gasteiger charge is -2.27. The Morgan fingerprint density at radius 3 is 2.00 bits per heavy atom. The van der Waals surface area contributed by atoms with Crippen LogP contribution >= 0.6 is 0 Å². The van der Waals surface area contributed by atoms with Crippen LogP contribution in [0.2, 0.25) is 0 Å². The van der Waals surface area contributed by atoms with E-state index in [1.807, 2.05) is 6.07 Å². The van der Waals surface area contributed by atoms with Gasteiger partial charge in [0, 0.05) is 6.42 Å². The summed E-state index contributed by atoms with van der Waals surface area (Å²) in [6.07, 6.45) is 0.626. The van der Waals surface area contributed by atoms with Gasteiger partial charge in [-0.05, 0) is 37.8 Å². The van der Waals surface area contributed by atoms with Gasteiger partial charge in [-0.25, -0.2) is 4.79 Å². The smallest absolute Gasteiger partial charge is 0.328 e. The Morgan fingerprint density at radius 2 is 1.49 bits per heavy atom. The zero-order chi connectivity index (χ0) is 26.5. The number of benzene rings is 1. The molecule has 1 aromatic rings. The van der Waals surface area contributed by atoms with Gasteiger partial charge in [0.15, 0.2) is 6.04 Å². The second kappa shape index (κ2) is 15.1. The van der Waals surface area contributed by atoms with Gasteiger partial charge >= 0.3 is 5.97 Å². The Balaban J connectivity index is 3.03. The van der Waals surface area contributed by atoms with Crippen molar-refractivity contribution in [3.05, 3.63) is 35.9 Å². The molecule has 11 nitrogen and oxygen atoms in total. The molecule has 9 N–H and O–H groups in total. The number of unbranched alkanes of at least 4 members (excludes halogenated alkanes) is 1. The zero-order valence-electron chi connectivity index (χ0n) is 20.6. The molecule has 196 valence electrons. The molecule has 0 spiro atoms. The van der Waals surface area contributed by atoms with Crippen molar-refractivity contribution in [1.82, 2.24) is 16.0 Å². The molecule has 35 heavy (non-hydrogen) atoms. The minimum atomic E-state index is -1.54. The van der Waals surface area contributed by atoms with Crippen molar-refractivity contribution in [1.29, 1.82) is 0 Å². The van der Waals surface area contributed by atoms with Crippen LogP contribution in [0.5, 0.6) is 0 Å². The molecular formula is C24H39N5O6. The van der Waals surface area contributed by atoms with Crippen LogP contribution in [0.25, 0.3) is 0 Å². The van der Waals surface area contributed by atoms with E-state index in [1.54, 1.807) is 38.1 Å². The molecule has 11 heteroatoms. The molecular weight excluding hydrogens is 454 g/mol. The van der Waals surface area contributed by atoms with Crippen molar-refractivity contribution < 1.29 is 29.4 Å². The summed E-state index contributed by atoms with van der Waals surface area (Å²) < 4.78 is 0. The fourth-order valence-electron chi connectivity index (χ4n) is 3.40. The van der Waals surface area contributed by atoms with Gasteiger partial charge in [0.25, 0.3) is 0 Å². The highest BCUT2D eigenvalue weighted by molar-refractivity contribution is 5.94. The number of carboxylic acids is 1. The van der Waals surface area contributed by atoms with Crippen LogP contribution in [0.3, 0.4) is 0 Å². The third-order valence-corrected chi connectivity index (χ3v) is 5.51. The number of rotatable bonds is 15. The Kier molecular flexibility index (Phi) is 12.9. The van der Waals surface area contributed by atoms with Gasteiger partial charge in [-0.1, -0.05) is 50.6 Å². The highest BCUT2D eigenvalue weighted by Gasteiger charge is 2.33. The Labute approximate surface area is 206 Å². The number of aliphatic carboxylic acids is 1. The second-order valence-corrected chi connectivity index (χ2v) is 8.94. The predicted octanol–water partition coefficient (Wildman–Crippen LogP) is -0.739. The Hall–Kier alpha value is -3.02. The lowest BCUT2D eigenvalue weighted by molar-refractivity contribution is -0.145. The fraction of sp³-hybridized carbons (Fsp3) is 0.583. The standard InChI is InChI=1S/C24H39N5O6/c1-14(2)19(23(33)29-20(15(3)30)24(34)35)28-22(32)18(13-16-9-5-4-6-10-16)27-21(31)17(26)11-7-8-12-25/h4-6,9-10,14-15,17-20,30H,7-8,11-13,25-26H2,1-3H3,(H,27,31)(H,28,32)(H,29,33)(H,34,35). The molecule has 0 bridgehead atoms. The van der Waals surface area contributed by atoms with Gasteiger partial charge in [0.2, 0.25) is 17.7 Å². The maximum atomic E-state index is 13.2. The SMILES string of the molecule is CC(C)C(NC(=O)C(Cc1ccccc1)NC(=O)C(N)CCCCN)C(=O)NC(C(=O)O)C(C)O. The van der Waals surface area contributed by atoms with Crippen LogP contribution in [0.4, 0.5) is 0 Å². The molecule has 0 saturated heterocycles. The first-order valence-electron chi connectivity index (χ1n) is 11.8. The first-order valence-corrected chi connectivity index (χ1v) is 11.8. The molecule has 5 unspecified atom stereocenters. The van der Waals surface area contributed by atoms with E-state index in [4.69, 9.17) is 11.5 Å². The summed E-state index contributed by atoms with van der Waals surface area (Å²) in [5.74, 6) is -3.68. The lowest BCUT2D eigenvalue weighted by atomic mass is 10.00. The van der Waals surface area contributed by atoms with Crippen LogP contribution in [0.15, 0.2) is 30.3 Å². The first-order chi connectivity index (χ1) is 16.5. The number of aliphatic hydroxyl groups is 1. The van der Waals surface area contributed by atoms with Crippen molar-refractivity contribution in [2.45, 2.75) is 76.7 Å². The summed E-state index contributed by atoms with van der Waals surface area (Å²) in [5.41, 5.74) is 12.3. The maximum Gasteiger partial charge on any atom is 0.328 e. The van der Waals surface area contributed by atoms with Crippen molar-refractivity contribution in [2.24, 2.45) is 17.4 Å². The topological polar surface area (TPSA) is 197 Å².